The Balaban J connectivity index is 2.08. The Hall–Kier alpha value is -1.39. The number of ether oxygens (including phenoxy) is 1. The van der Waals surface area contributed by atoms with Crippen molar-refractivity contribution in [3.05, 3.63) is 58.3 Å². The molecule has 1 N–H and O–H groups in total. The lowest BCUT2D eigenvalue weighted by Crippen LogP contribution is -2.02. The van der Waals surface area contributed by atoms with E-state index in [0.29, 0.717) is 12.4 Å². The molecule has 0 amide bonds. The summed E-state index contributed by atoms with van der Waals surface area (Å²) in [6.07, 6.45) is 1.19. The summed E-state index contributed by atoms with van der Waals surface area (Å²) in [6.45, 7) is 2.11. The molecular weight excluding hydrogens is 294 g/mol. The molecule has 94 valence electrons. The molecule has 0 saturated heterocycles. The Kier molecular flexibility index (Phi) is 4.33. The Bertz CT molecular complexity index is 511. The van der Waals surface area contributed by atoms with Gasteiger partial charge in [-0.2, -0.15) is 0 Å². The number of hydrogen-bond donors (Lipinski definition) is 1. The van der Waals surface area contributed by atoms with Crippen molar-refractivity contribution in [3.8, 4) is 5.75 Å². The Morgan fingerprint density at radius 2 is 2.06 bits per heavy atom. The van der Waals surface area contributed by atoms with Gasteiger partial charge in [-0.1, -0.05) is 18.2 Å². The van der Waals surface area contributed by atoms with Crippen molar-refractivity contribution in [2.75, 3.05) is 0 Å². The average molecular weight is 308 g/mol. The topological polar surface area (TPSA) is 42.4 Å². The third-order valence-electron chi connectivity index (χ3n) is 2.53. The first kappa shape index (κ1) is 13.1. The Morgan fingerprint density at radius 3 is 2.72 bits per heavy atom. The largest absolute Gasteiger partial charge is 0.487 e. The molecule has 3 nitrogen and oxygen atoms in total. The molecule has 0 radical (unpaired) electrons. The summed E-state index contributed by atoms with van der Waals surface area (Å²) in [5.74, 6) is 0.692. The third kappa shape index (κ3) is 3.31. The number of hydrogen-bond acceptors (Lipinski definition) is 3. The van der Waals surface area contributed by atoms with Gasteiger partial charge >= 0.3 is 0 Å². The van der Waals surface area contributed by atoms with E-state index in [-0.39, 0.29) is 0 Å². The maximum absolute atomic E-state index is 9.64. The fraction of sp³-hybridized carbons (Fsp3) is 0.214. The number of aromatic nitrogens is 1. The highest BCUT2D eigenvalue weighted by Crippen LogP contribution is 2.25. The van der Waals surface area contributed by atoms with Crippen molar-refractivity contribution >= 4 is 15.9 Å². The minimum absolute atomic E-state index is 0.386. The van der Waals surface area contributed by atoms with Crippen LogP contribution in [0, 0.1) is 0 Å². The number of halogens is 1. The van der Waals surface area contributed by atoms with Gasteiger partial charge in [-0.25, -0.2) is 0 Å². The van der Waals surface area contributed by atoms with Crippen LogP contribution in [0.1, 0.15) is 24.3 Å². The van der Waals surface area contributed by atoms with Crippen molar-refractivity contribution in [2.45, 2.75) is 19.6 Å². The molecular formula is C14H14BrNO2. The number of nitrogens with zero attached hydrogens (tertiary/aromatic N) is 1. The van der Waals surface area contributed by atoms with E-state index in [4.69, 9.17) is 4.74 Å². The molecule has 1 aromatic heterocycles. The zero-order chi connectivity index (χ0) is 13.0. The maximum atomic E-state index is 9.64. The van der Waals surface area contributed by atoms with E-state index in [9.17, 15) is 5.11 Å². The fourth-order valence-corrected chi connectivity index (χ4v) is 1.84. The van der Waals surface area contributed by atoms with Crippen LogP contribution in [0.15, 0.2) is 47.1 Å². The number of rotatable bonds is 4. The first-order valence-electron chi connectivity index (χ1n) is 5.67. The standard InChI is InChI=1S/C14H14BrNO2/c1-10(17)13-4-2-3-5-14(13)18-9-12-7-6-11(15)8-16-12/h2-8,10,17H,9H2,1H3/t10-/m0/s1. The van der Waals surface area contributed by atoms with Gasteiger partial charge in [0, 0.05) is 16.2 Å². The number of aliphatic hydroxyl groups excluding tert-OH is 1. The highest BCUT2D eigenvalue weighted by atomic mass is 79.9. The number of benzene rings is 1. The van der Waals surface area contributed by atoms with Crippen LogP contribution in [0.25, 0.3) is 0 Å². The first-order valence-corrected chi connectivity index (χ1v) is 6.46. The zero-order valence-electron chi connectivity index (χ0n) is 10.0. The van der Waals surface area contributed by atoms with Gasteiger partial charge in [0.2, 0.25) is 0 Å². The number of pyridine rings is 1. The Labute approximate surface area is 115 Å². The summed E-state index contributed by atoms with van der Waals surface area (Å²) in [7, 11) is 0. The lowest BCUT2D eigenvalue weighted by molar-refractivity contribution is 0.190. The summed E-state index contributed by atoms with van der Waals surface area (Å²) in [4.78, 5) is 4.23. The van der Waals surface area contributed by atoms with E-state index in [1.165, 1.54) is 0 Å². The van der Waals surface area contributed by atoms with Crippen molar-refractivity contribution in [1.29, 1.82) is 0 Å². The fourth-order valence-electron chi connectivity index (χ4n) is 1.60. The average Bonchev–Trinajstić information content (AvgIpc) is 2.38. The van der Waals surface area contributed by atoms with E-state index < -0.39 is 6.10 Å². The molecule has 4 heteroatoms. The van der Waals surface area contributed by atoms with Gasteiger partial charge in [0.05, 0.1) is 11.8 Å². The highest BCUT2D eigenvalue weighted by Gasteiger charge is 2.08. The summed E-state index contributed by atoms with van der Waals surface area (Å²) < 4.78 is 6.63. The molecule has 0 saturated carbocycles. The van der Waals surface area contributed by atoms with Crippen LogP contribution in [0.2, 0.25) is 0 Å². The molecule has 0 unspecified atom stereocenters. The van der Waals surface area contributed by atoms with Crippen LogP contribution in [0.3, 0.4) is 0 Å². The molecule has 0 bridgehead atoms. The predicted octanol–water partition coefficient (Wildman–Crippen LogP) is 3.48. The van der Waals surface area contributed by atoms with E-state index in [2.05, 4.69) is 20.9 Å². The molecule has 2 aromatic rings. The maximum Gasteiger partial charge on any atom is 0.130 e. The van der Waals surface area contributed by atoms with Gasteiger partial charge in [0.1, 0.15) is 12.4 Å². The minimum Gasteiger partial charge on any atom is -0.487 e. The number of aliphatic hydroxyl groups is 1. The monoisotopic (exact) mass is 307 g/mol. The predicted molar refractivity (Wildman–Crippen MR) is 73.3 cm³/mol. The van der Waals surface area contributed by atoms with Crippen LogP contribution in [0.4, 0.5) is 0 Å². The second-order valence-corrected chi connectivity index (χ2v) is 4.89. The molecule has 0 aliphatic carbocycles. The van der Waals surface area contributed by atoms with Crippen LogP contribution in [-0.4, -0.2) is 10.1 Å². The van der Waals surface area contributed by atoms with E-state index in [1.54, 1.807) is 13.1 Å². The zero-order valence-corrected chi connectivity index (χ0v) is 11.6. The molecule has 0 aliphatic heterocycles. The second-order valence-electron chi connectivity index (χ2n) is 3.97. The molecule has 0 spiro atoms. The molecule has 0 aliphatic rings. The lowest BCUT2D eigenvalue weighted by Gasteiger charge is -2.12. The summed E-state index contributed by atoms with van der Waals surface area (Å²) in [6, 6.07) is 11.3. The smallest absolute Gasteiger partial charge is 0.130 e. The summed E-state index contributed by atoms with van der Waals surface area (Å²) in [5, 5.41) is 9.64. The molecule has 2 rings (SSSR count). The summed E-state index contributed by atoms with van der Waals surface area (Å²) in [5.41, 5.74) is 1.63. The second kappa shape index (κ2) is 5.98. The highest BCUT2D eigenvalue weighted by molar-refractivity contribution is 9.10. The van der Waals surface area contributed by atoms with Crippen molar-refractivity contribution in [3.63, 3.8) is 0 Å². The van der Waals surface area contributed by atoms with Crippen molar-refractivity contribution in [1.82, 2.24) is 4.98 Å². The van der Waals surface area contributed by atoms with Crippen LogP contribution >= 0.6 is 15.9 Å². The number of para-hydroxylation sites is 1. The SMILES string of the molecule is C[C@H](O)c1ccccc1OCc1ccc(Br)cn1. The van der Waals surface area contributed by atoms with Crippen LogP contribution < -0.4 is 4.74 Å². The van der Waals surface area contributed by atoms with Gasteiger partial charge in [-0.3, -0.25) is 4.98 Å². The molecule has 0 fully saturated rings. The van der Waals surface area contributed by atoms with Crippen LogP contribution in [-0.2, 0) is 6.61 Å². The van der Waals surface area contributed by atoms with Gasteiger partial charge in [-0.05, 0) is 41.1 Å². The normalized spacial score (nSPS) is 12.2. The summed E-state index contributed by atoms with van der Waals surface area (Å²) >= 11 is 3.34. The van der Waals surface area contributed by atoms with E-state index in [0.717, 1.165) is 15.7 Å². The molecule has 1 heterocycles. The molecule has 1 atom stereocenters. The van der Waals surface area contributed by atoms with Gasteiger partial charge in [0.25, 0.3) is 0 Å². The lowest BCUT2D eigenvalue weighted by atomic mass is 10.1. The van der Waals surface area contributed by atoms with Gasteiger partial charge in [0.15, 0.2) is 0 Å². The van der Waals surface area contributed by atoms with Crippen molar-refractivity contribution < 1.29 is 9.84 Å². The van der Waals surface area contributed by atoms with E-state index in [1.807, 2.05) is 36.4 Å². The molecule has 18 heavy (non-hydrogen) atoms. The molecule has 1 aromatic carbocycles. The third-order valence-corrected chi connectivity index (χ3v) is 3.00. The minimum atomic E-state index is -0.543. The van der Waals surface area contributed by atoms with Crippen molar-refractivity contribution in [2.24, 2.45) is 0 Å². The van der Waals surface area contributed by atoms with Crippen LogP contribution in [0.5, 0.6) is 5.75 Å². The Morgan fingerprint density at radius 1 is 1.28 bits per heavy atom. The van der Waals surface area contributed by atoms with Gasteiger partial charge in [-0.15, -0.1) is 0 Å². The van der Waals surface area contributed by atoms with Gasteiger partial charge < -0.3 is 9.84 Å². The van der Waals surface area contributed by atoms with E-state index >= 15 is 0 Å². The quantitative estimate of drug-likeness (QED) is 0.940. The first-order chi connectivity index (χ1) is 8.66.